The number of carbonyl (C=O) groups excluding carboxylic acids is 2. The summed E-state index contributed by atoms with van der Waals surface area (Å²) in [5.41, 5.74) is 4.23. The standard InChI is InChI=1S/C17H30BN3O9/c1-10(22)13(19)14(23)29-9-30-16(26)21-7-4-11-12(21)8-20-17(11,15(24)25)5-2-3-6-18(27)28/h10-13,20,22,27-28H,2-9,19H2,1H3,(H,24,25)/t10?,11-,12-,13?,17+/m0/s1. The average Bonchev–Trinajstić information content (AvgIpc) is 3.25. The smallest absolute Gasteiger partial charge is 0.451 e. The Balaban J connectivity index is 1.90. The summed E-state index contributed by atoms with van der Waals surface area (Å²) < 4.78 is 9.69. The molecule has 2 unspecified atom stereocenters. The molecule has 0 bridgehead atoms. The maximum Gasteiger partial charge on any atom is 0.451 e. The van der Waals surface area contributed by atoms with Gasteiger partial charge >= 0.3 is 25.2 Å². The number of aliphatic hydroxyl groups is 1. The molecular formula is C17H30BN3O9. The molecule has 2 aliphatic heterocycles. The van der Waals surface area contributed by atoms with Crippen molar-refractivity contribution in [2.75, 3.05) is 19.9 Å². The van der Waals surface area contributed by atoms with Gasteiger partial charge in [-0.2, -0.15) is 0 Å². The summed E-state index contributed by atoms with van der Waals surface area (Å²) in [7, 11) is -1.42. The largest absolute Gasteiger partial charge is 0.480 e. The lowest BCUT2D eigenvalue weighted by molar-refractivity contribution is -0.156. The van der Waals surface area contributed by atoms with Crippen molar-refractivity contribution in [2.45, 2.75) is 62.7 Å². The highest BCUT2D eigenvalue weighted by Crippen LogP contribution is 2.41. The number of aliphatic carboxylic acids is 1. The van der Waals surface area contributed by atoms with Gasteiger partial charge in [-0.05, 0) is 26.1 Å². The maximum atomic E-state index is 12.4. The Bertz CT molecular complexity index is 636. The van der Waals surface area contributed by atoms with Gasteiger partial charge in [-0.3, -0.25) is 14.9 Å². The lowest BCUT2D eigenvalue weighted by atomic mass is 9.77. The third-order valence-corrected chi connectivity index (χ3v) is 5.88. The normalized spacial score (nSPS) is 27.3. The number of fused-ring (bicyclic) bond motifs is 1. The van der Waals surface area contributed by atoms with Gasteiger partial charge in [-0.15, -0.1) is 0 Å². The predicted molar refractivity (Wildman–Crippen MR) is 103 cm³/mol. The lowest BCUT2D eigenvalue weighted by Gasteiger charge is -2.30. The SMILES string of the molecule is CC(O)C(N)C(=O)OCOC(=O)N1CC[C@H]2[C@@H]1CN[C@@]2(CCCCB(O)O)C(=O)O. The summed E-state index contributed by atoms with van der Waals surface area (Å²) in [4.78, 5) is 37.4. The number of carboxylic acid groups (broad SMARTS) is 1. The second-order valence-electron chi connectivity index (χ2n) is 7.80. The van der Waals surface area contributed by atoms with Gasteiger partial charge in [0.05, 0.1) is 12.1 Å². The fraction of sp³-hybridized carbons (Fsp3) is 0.824. The van der Waals surface area contributed by atoms with Gasteiger partial charge in [0, 0.05) is 19.0 Å². The summed E-state index contributed by atoms with van der Waals surface area (Å²) in [5, 5.41) is 40.0. The Morgan fingerprint density at radius 1 is 1.30 bits per heavy atom. The minimum atomic E-state index is -1.42. The lowest BCUT2D eigenvalue weighted by Crippen LogP contribution is -2.52. The van der Waals surface area contributed by atoms with Crippen molar-refractivity contribution in [2.24, 2.45) is 11.7 Å². The highest BCUT2D eigenvalue weighted by Gasteiger charge is 2.58. The molecule has 0 aromatic heterocycles. The first-order valence-electron chi connectivity index (χ1n) is 9.98. The topological polar surface area (TPSA) is 192 Å². The van der Waals surface area contributed by atoms with E-state index in [9.17, 15) is 24.6 Å². The van der Waals surface area contributed by atoms with Crippen molar-refractivity contribution in [1.82, 2.24) is 10.2 Å². The van der Waals surface area contributed by atoms with Crippen LogP contribution in [0.5, 0.6) is 0 Å². The van der Waals surface area contributed by atoms with E-state index in [0.717, 1.165) is 0 Å². The molecule has 170 valence electrons. The average molecular weight is 431 g/mol. The van der Waals surface area contributed by atoms with E-state index in [1.165, 1.54) is 11.8 Å². The highest BCUT2D eigenvalue weighted by molar-refractivity contribution is 6.40. The molecule has 2 fully saturated rings. The van der Waals surface area contributed by atoms with E-state index in [0.29, 0.717) is 32.2 Å². The molecule has 13 heteroatoms. The number of nitrogens with one attached hydrogen (secondary N) is 1. The third-order valence-electron chi connectivity index (χ3n) is 5.88. The molecule has 2 saturated heterocycles. The fourth-order valence-corrected chi connectivity index (χ4v) is 4.19. The van der Waals surface area contributed by atoms with Crippen molar-refractivity contribution in [3.8, 4) is 0 Å². The number of esters is 1. The van der Waals surface area contributed by atoms with E-state index in [4.69, 9.17) is 25.3 Å². The van der Waals surface area contributed by atoms with Crippen LogP contribution in [-0.4, -0.2) is 93.9 Å². The molecule has 2 aliphatic rings. The van der Waals surface area contributed by atoms with E-state index in [1.54, 1.807) is 0 Å². The molecule has 5 atom stereocenters. The van der Waals surface area contributed by atoms with Crippen molar-refractivity contribution in [3.05, 3.63) is 0 Å². The maximum absolute atomic E-state index is 12.4. The van der Waals surface area contributed by atoms with E-state index in [1.807, 2.05) is 0 Å². The van der Waals surface area contributed by atoms with Gasteiger partial charge in [0.1, 0.15) is 11.6 Å². The second kappa shape index (κ2) is 10.4. The molecule has 1 amide bonds. The quantitative estimate of drug-likeness (QED) is 0.0979. The molecule has 0 aromatic carbocycles. The minimum Gasteiger partial charge on any atom is -0.480 e. The first-order valence-corrected chi connectivity index (χ1v) is 9.98. The fourth-order valence-electron chi connectivity index (χ4n) is 4.19. The monoisotopic (exact) mass is 431 g/mol. The van der Waals surface area contributed by atoms with Crippen molar-refractivity contribution >= 4 is 25.2 Å². The number of aliphatic hydroxyl groups excluding tert-OH is 1. The van der Waals surface area contributed by atoms with Crippen LogP contribution in [0, 0.1) is 5.92 Å². The van der Waals surface area contributed by atoms with Crippen LogP contribution < -0.4 is 11.1 Å². The van der Waals surface area contributed by atoms with Crippen LogP contribution in [0.4, 0.5) is 4.79 Å². The van der Waals surface area contributed by atoms with Gasteiger partial charge in [-0.1, -0.05) is 12.8 Å². The first-order chi connectivity index (χ1) is 14.1. The number of nitrogens with two attached hydrogens (primary N) is 1. The van der Waals surface area contributed by atoms with Gasteiger partial charge in [0.15, 0.2) is 0 Å². The van der Waals surface area contributed by atoms with E-state index < -0.39 is 49.6 Å². The Kier molecular flexibility index (Phi) is 8.44. The molecule has 2 heterocycles. The summed E-state index contributed by atoms with van der Waals surface area (Å²) in [6.07, 6.45) is 0.0537. The van der Waals surface area contributed by atoms with Crippen LogP contribution in [0.2, 0.25) is 6.32 Å². The zero-order chi connectivity index (χ0) is 22.5. The Morgan fingerprint density at radius 2 is 2.00 bits per heavy atom. The molecule has 0 aromatic rings. The number of rotatable bonds is 10. The third kappa shape index (κ3) is 5.40. The zero-order valence-corrected chi connectivity index (χ0v) is 16.9. The molecule has 0 aliphatic carbocycles. The number of unbranched alkanes of at least 4 members (excludes halogenated alkanes) is 1. The van der Waals surface area contributed by atoms with Gasteiger partial charge in [0.25, 0.3) is 0 Å². The second-order valence-corrected chi connectivity index (χ2v) is 7.80. The van der Waals surface area contributed by atoms with Crippen LogP contribution in [0.1, 0.15) is 32.6 Å². The van der Waals surface area contributed by atoms with Crippen molar-refractivity contribution in [1.29, 1.82) is 0 Å². The molecule has 0 spiro atoms. The van der Waals surface area contributed by atoms with Gasteiger partial charge < -0.3 is 40.4 Å². The number of nitrogens with zero attached hydrogens (tertiary/aromatic N) is 1. The van der Waals surface area contributed by atoms with Crippen LogP contribution in [0.15, 0.2) is 0 Å². The van der Waals surface area contributed by atoms with E-state index >= 15 is 0 Å². The summed E-state index contributed by atoms with van der Waals surface area (Å²) in [6.45, 7) is 1.26. The number of hydrogen-bond donors (Lipinski definition) is 6. The Hall–Kier alpha value is -1.93. The minimum absolute atomic E-state index is 0.166. The van der Waals surface area contributed by atoms with Crippen LogP contribution in [0.3, 0.4) is 0 Å². The summed E-state index contributed by atoms with van der Waals surface area (Å²) in [6, 6.07) is -1.63. The number of amides is 1. The summed E-state index contributed by atoms with van der Waals surface area (Å²) in [5.74, 6) is -2.24. The Labute approximate surface area is 174 Å². The number of carbonyl (C=O) groups is 3. The van der Waals surface area contributed by atoms with Gasteiger partial charge in [-0.25, -0.2) is 4.79 Å². The highest BCUT2D eigenvalue weighted by atomic mass is 16.7. The van der Waals surface area contributed by atoms with E-state index in [-0.39, 0.29) is 24.8 Å². The van der Waals surface area contributed by atoms with Crippen LogP contribution in [-0.2, 0) is 19.1 Å². The number of likely N-dealkylation sites (tertiary alicyclic amines) is 1. The molecule has 2 rings (SSSR count). The van der Waals surface area contributed by atoms with Crippen molar-refractivity contribution in [3.63, 3.8) is 0 Å². The van der Waals surface area contributed by atoms with Crippen molar-refractivity contribution < 1.29 is 44.1 Å². The molecule has 0 radical (unpaired) electrons. The molecule has 30 heavy (non-hydrogen) atoms. The van der Waals surface area contributed by atoms with Gasteiger partial charge in [0.2, 0.25) is 6.79 Å². The number of carboxylic acids is 1. The van der Waals surface area contributed by atoms with Crippen LogP contribution in [0.25, 0.3) is 0 Å². The zero-order valence-electron chi connectivity index (χ0n) is 16.9. The first kappa shape index (κ1) is 24.3. The Morgan fingerprint density at radius 3 is 2.60 bits per heavy atom. The number of hydrogen-bond acceptors (Lipinski definition) is 10. The van der Waals surface area contributed by atoms with Crippen LogP contribution >= 0.6 is 0 Å². The molecular weight excluding hydrogens is 401 g/mol. The van der Waals surface area contributed by atoms with E-state index in [2.05, 4.69) is 5.32 Å². The molecule has 0 saturated carbocycles. The molecule has 7 N–H and O–H groups in total. The predicted octanol–water partition coefficient (Wildman–Crippen LogP) is -1.91. The molecule has 12 nitrogen and oxygen atoms in total. The summed E-state index contributed by atoms with van der Waals surface area (Å²) >= 11 is 0. The number of ether oxygens (including phenoxy) is 2.